The van der Waals surface area contributed by atoms with E-state index in [-0.39, 0.29) is 0 Å². The van der Waals surface area contributed by atoms with Gasteiger partial charge in [0.05, 0.1) is 0 Å². The minimum absolute atomic E-state index is 0.642. The quantitative estimate of drug-likeness (QED) is 0.859. The van der Waals surface area contributed by atoms with E-state index < -0.39 is 0 Å². The summed E-state index contributed by atoms with van der Waals surface area (Å²) in [5.41, 5.74) is 5.95. The van der Waals surface area contributed by atoms with E-state index in [1.54, 1.807) is 0 Å². The summed E-state index contributed by atoms with van der Waals surface area (Å²) < 4.78 is 1.89. The Balaban J connectivity index is 1.85. The van der Waals surface area contributed by atoms with Gasteiger partial charge < -0.3 is 10.6 Å². The lowest BCUT2D eigenvalue weighted by Gasteiger charge is -2.41. The minimum atomic E-state index is 0.642. The van der Waals surface area contributed by atoms with Crippen LogP contribution in [0.25, 0.3) is 0 Å². The molecule has 2 atom stereocenters. The molecular formula is C13H22N4. The number of piperidine rings is 1. The third kappa shape index (κ3) is 2.06. The number of nitrogens with zero attached hydrogens (tertiary/aromatic N) is 3. The first-order valence-electron chi connectivity index (χ1n) is 6.76. The molecule has 1 aromatic heterocycles. The van der Waals surface area contributed by atoms with E-state index in [1.165, 1.54) is 25.7 Å². The van der Waals surface area contributed by atoms with Crippen LogP contribution in [0.15, 0.2) is 12.3 Å². The zero-order chi connectivity index (χ0) is 11.8. The zero-order valence-corrected chi connectivity index (χ0v) is 10.5. The number of hydrogen-bond acceptors (Lipinski definition) is 3. The van der Waals surface area contributed by atoms with Crippen LogP contribution in [0.4, 0.5) is 5.82 Å². The van der Waals surface area contributed by atoms with Gasteiger partial charge in [-0.05, 0) is 44.1 Å². The molecule has 0 radical (unpaired) electrons. The lowest BCUT2D eigenvalue weighted by molar-refractivity contribution is 0.300. The van der Waals surface area contributed by atoms with Gasteiger partial charge in [0.15, 0.2) is 5.82 Å². The number of hydrogen-bond donors (Lipinski definition) is 1. The third-order valence-corrected chi connectivity index (χ3v) is 4.22. The molecule has 0 aromatic carbocycles. The van der Waals surface area contributed by atoms with Crippen molar-refractivity contribution in [1.29, 1.82) is 0 Å². The molecule has 3 rings (SSSR count). The SMILES string of the molecule is Cn1ccc(N2CCC[C@H](CN)[C@H]2C2CC2)n1. The highest BCUT2D eigenvalue weighted by atomic mass is 15.3. The molecule has 1 aromatic rings. The second kappa shape index (κ2) is 4.33. The highest BCUT2D eigenvalue weighted by Crippen LogP contribution is 2.42. The van der Waals surface area contributed by atoms with E-state index in [9.17, 15) is 0 Å². The Morgan fingerprint density at radius 2 is 2.24 bits per heavy atom. The fourth-order valence-corrected chi connectivity index (χ4v) is 3.26. The second-order valence-corrected chi connectivity index (χ2v) is 5.51. The normalized spacial score (nSPS) is 29.6. The maximum atomic E-state index is 5.95. The molecule has 1 saturated heterocycles. The van der Waals surface area contributed by atoms with Crippen molar-refractivity contribution in [2.45, 2.75) is 31.7 Å². The zero-order valence-electron chi connectivity index (χ0n) is 10.5. The van der Waals surface area contributed by atoms with Gasteiger partial charge in [0, 0.05) is 31.9 Å². The van der Waals surface area contributed by atoms with E-state index >= 15 is 0 Å². The first kappa shape index (κ1) is 11.1. The average Bonchev–Trinajstić information content (AvgIpc) is 3.10. The largest absolute Gasteiger partial charge is 0.352 e. The van der Waals surface area contributed by atoms with Crippen molar-refractivity contribution in [3.63, 3.8) is 0 Å². The van der Waals surface area contributed by atoms with Crippen LogP contribution in [0.1, 0.15) is 25.7 Å². The lowest BCUT2D eigenvalue weighted by Crippen LogP contribution is -2.49. The highest BCUT2D eigenvalue weighted by Gasteiger charge is 2.42. The van der Waals surface area contributed by atoms with Crippen molar-refractivity contribution in [2.24, 2.45) is 24.6 Å². The van der Waals surface area contributed by atoms with Crippen LogP contribution < -0.4 is 10.6 Å². The van der Waals surface area contributed by atoms with Gasteiger partial charge in [0.25, 0.3) is 0 Å². The van der Waals surface area contributed by atoms with Crippen molar-refractivity contribution < 1.29 is 0 Å². The molecule has 0 amide bonds. The van der Waals surface area contributed by atoms with Gasteiger partial charge >= 0.3 is 0 Å². The third-order valence-electron chi connectivity index (χ3n) is 4.22. The number of nitrogens with two attached hydrogens (primary N) is 1. The van der Waals surface area contributed by atoms with Crippen LogP contribution in [0.5, 0.6) is 0 Å². The maximum absolute atomic E-state index is 5.95. The van der Waals surface area contributed by atoms with Crippen LogP contribution in [-0.4, -0.2) is 28.9 Å². The van der Waals surface area contributed by atoms with Crippen molar-refractivity contribution in [3.8, 4) is 0 Å². The summed E-state index contributed by atoms with van der Waals surface area (Å²) in [5.74, 6) is 2.67. The molecule has 4 nitrogen and oxygen atoms in total. The predicted molar refractivity (Wildman–Crippen MR) is 68.8 cm³/mol. The topological polar surface area (TPSA) is 47.1 Å². The van der Waals surface area contributed by atoms with Crippen molar-refractivity contribution in [2.75, 3.05) is 18.0 Å². The van der Waals surface area contributed by atoms with Crippen LogP contribution in [0.2, 0.25) is 0 Å². The number of anilines is 1. The predicted octanol–water partition coefficient (Wildman–Crippen LogP) is 1.37. The number of aryl methyl sites for hydroxylation is 1. The molecule has 0 spiro atoms. The molecule has 94 valence electrons. The van der Waals surface area contributed by atoms with Gasteiger partial charge in [0.2, 0.25) is 0 Å². The lowest BCUT2D eigenvalue weighted by atomic mass is 9.86. The van der Waals surface area contributed by atoms with Crippen molar-refractivity contribution >= 4 is 5.82 Å². The Morgan fingerprint density at radius 3 is 2.82 bits per heavy atom. The molecule has 0 unspecified atom stereocenters. The molecule has 2 fully saturated rings. The van der Waals surface area contributed by atoms with E-state index in [2.05, 4.69) is 16.1 Å². The van der Waals surface area contributed by atoms with Crippen molar-refractivity contribution in [1.82, 2.24) is 9.78 Å². The molecule has 2 N–H and O–H groups in total. The Bertz CT molecular complexity index is 383. The Kier molecular flexibility index (Phi) is 2.82. The molecule has 1 aliphatic heterocycles. The monoisotopic (exact) mass is 234 g/mol. The van der Waals surface area contributed by atoms with Gasteiger partial charge in [-0.1, -0.05) is 0 Å². The Morgan fingerprint density at radius 1 is 1.41 bits per heavy atom. The van der Waals surface area contributed by atoms with Gasteiger partial charge in [0.1, 0.15) is 0 Å². The van der Waals surface area contributed by atoms with Crippen molar-refractivity contribution in [3.05, 3.63) is 12.3 Å². The van der Waals surface area contributed by atoms with Crippen LogP contribution in [-0.2, 0) is 7.05 Å². The highest BCUT2D eigenvalue weighted by molar-refractivity contribution is 5.40. The Labute approximate surface area is 103 Å². The smallest absolute Gasteiger partial charge is 0.150 e. The van der Waals surface area contributed by atoms with Gasteiger partial charge in [-0.15, -0.1) is 0 Å². The first-order valence-corrected chi connectivity index (χ1v) is 6.76. The van der Waals surface area contributed by atoms with E-state index in [0.29, 0.717) is 12.0 Å². The van der Waals surface area contributed by atoms with Gasteiger partial charge in [-0.3, -0.25) is 4.68 Å². The van der Waals surface area contributed by atoms with Gasteiger partial charge in [-0.2, -0.15) is 5.10 Å². The van der Waals surface area contributed by atoms with Gasteiger partial charge in [-0.25, -0.2) is 0 Å². The summed E-state index contributed by atoms with van der Waals surface area (Å²) >= 11 is 0. The van der Waals surface area contributed by atoms with Crippen LogP contribution in [0.3, 0.4) is 0 Å². The average molecular weight is 234 g/mol. The molecule has 4 heteroatoms. The minimum Gasteiger partial charge on any atom is -0.352 e. The second-order valence-electron chi connectivity index (χ2n) is 5.51. The molecule has 1 saturated carbocycles. The Hall–Kier alpha value is -1.03. The maximum Gasteiger partial charge on any atom is 0.150 e. The standard InChI is InChI=1S/C13H22N4/c1-16-8-6-12(15-16)17-7-2-3-11(9-14)13(17)10-4-5-10/h6,8,10-11,13H,2-5,7,9,14H2,1H3/t11-,13-/m1/s1. The molecule has 2 heterocycles. The molecule has 0 bridgehead atoms. The number of aromatic nitrogens is 2. The molecular weight excluding hydrogens is 212 g/mol. The fraction of sp³-hybridized carbons (Fsp3) is 0.769. The summed E-state index contributed by atoms with van der Waals surface area (Å²) in [5, 5.41) is 4.57. The van der Waals surface area contributed by atoms with E-state index in [0.717, 1.165) is 24.8 Å². The summed E-state index contributed by atoms with van der Waals surface area (Å²) in [6.07, 6.45) is 7.34. The fourth-order valence-electron chi connectivity index (χ4n) is 3.26. The first-order chi connectivity index (χ1) is 8.29. The summed E-state index contributed by atoms with van der Waals surface area (Å²) in [6.45, 7) is 1.97. The van der Waals surface area contributed by atoms with Crippen LogP contribution in [0, 0.1) is 11.8 Å². The summed E-state index contributed by atoms with van der Waals surface area (Å²) in [4.78, 5) is 2.51. The van der Waals surface area contributed by atoms with E-state index in [4.69, 9.17) is 5.73 Å². The molecule has 1 aliphatic carbocycles. The summed E-state index contributed by atoms with van der Waals surface area (Å²) in [6, 6.07) is 2.78. The summed E-state index contributed by atoms with van der Waals surface area (Å²) in [7, 11) is 1.99. The molecule has 17 heavy (non-hydrogen) atoms. The molecule has 2 aliphatic rings. The van der Waals surface area contributed by atoms with Crippen LogP contribution >= 0.6 is 0 Å². The van der Waals surface area contributed by atoms with E-state index in [1.807, 2.05) is 17.9 Å². The number of rotatable bonds is 3.